The number of benzene rings is 1. The molecule has 0 unspecified atom stereocenters. The number of nitrogens with zero attached hydrogens (tertiary/aromatic N) is 1. The smallest absolute Gasteiger partial charge is 0.142 e. The van der Waals surface area contributed by atoms with Crippen molar-refractivity contribution < 1.29 is 9.47 Å². The van der Waals surface area contributed by atoms with Gasteiger partial charge in [-0.05, 0) is 33.0 Å². The first-order chi connectivity index (χ1) is 8.59. The fourth-order valence-electron chi connectivity index (χ4n) is 1.48. The third-order valence-electron chi connectivity index (χ3n) is 2.57. The first-order valence-corrected chi connectivity index (χ1v) is 6.37. The van der Waals surface area contributed by atoms with Crippen LogP contribution in [0.15, 0.2) is 24.3 Å². The van der Waals surface area contributed by atoms with Gasteiger partial charge in [-0.15, -0.1) is 0 Å². The molecule has 0 radical (unpaired) electrons. The highest BCUT2D eigenvalue weighted by Gasteiger charge is 2.02. The molecule has 2 N–H and O–H groups in total. The van der Waals surface area contributed by atoms with Gasteiger partial charge in [-0.25, -0.2) is 0 Å². The number of rotatable bonds is 8. The van der Waals surface area contributed by atoms with E-state index < -0.39 is 0 Å². The highest BCUT2D eigenvalue weighted by molar-refractivity contribution is 5.51. The van der Waals surface area contributed by atoms with Crippen LogP contribution >= 0.6 is 0 Å². The SMILES string of the molecule is CC(C)OCCN(C)CCOc1ccccc1N. The molecule has 18 heavy (non-hydrogen) atoms. The largest absolute Gasteiger partial charge is 0.490 e. The number of nitrogen functional groups attached to an aromatic ring is 1. The van der Waals surface area contributed by atoms with E-state index in [0.717, 1.165) is 25.4 Å². The molecule has 0 bridgehead atoms. The lowest BCUT2D eigenvalue weighted by atomic mass is 10.3. The van der Waals surface area contributed by atoms with E-state index in [4.69, 9.17) is 15.2 Å². The molecule has 0 atom stereocenters. The minimum Gasteiger partial charge on any atom is -0.490 e. The minimum atomic E-state index is 0.291. The second-order valence-electron chi connectivity index (χ2n) is 4.61. The van der Waals surface area contributed by atoms with Gasteiger partial charge in [0.25, 0.3) is 0 Å². The second-order valence-corrected chi connectivity index (χ2v) is 4.61. The van der Waals surface area contributed by atoms with Crippen LogP contribution in [-0.4, -0.2) is 44.4 Å². The number of hydrogen-bond acceptors (Lipinski definition) is 4. The van der Waals surface area contributed by atoms with Gasteiger partial charge in [-0.2, -0.15) is 0 Å². The Labute approximate surface area is 110 Å². The summed E-state index contributed by atoms with van der Waals surface area (Å²) in [5, 5.41) is 0. The lowest BCUT2D eigenvalue weighted by molar-refractivity contribution is 0.0616. The van der Waals surface area contributed by atoms with E-state index in [9.17, 15) is 0 Å². The van der Waals surface area contributed by atoms with Gasteiger partial charge < -0.3 is 20.1 Å². The van der Waals surface area contributed by atoms with Gasteiger partial charge in [0.1, 0.15) is 12.4 Å². The molecule has 0 aliphatic carbocycles. The summed E-state index contributed by atoms with van der Waals surface area (Å²) in [6.45, 7) is 7.23. The molecule has 0 aliphatic heterocycles. The van der Waals surface area contributed by atoms with Crippen LogP contribution in [0.2, 0.25) is 0 Å². The van der Waals surface area contributed by atoms with E-state index in [-0.39, 0.29) is 0 Å². The lowest BCUT2D eigenvalue weighted by Gasteiger charge is -2.18. The number of hydrogen-bond donors (Lipinski definition) is 1. The molecule has 4 nitrogen and oxygen atoms in total. The normalized spacial score (nSPS) is 11.2. The highest BCUT2D eigenvalue weighted by Crippen LogP contribution is 2.19. The third kappa shape index (κ3) is 5.89. The molecule has 1 aromatic rings. The Bertz CT molecular complexity index is 342. The Morgan fingerprint density at radius 1 is 1.17 bits per heavy atom. The Morgan fingerprint density at radius 3 is 2.50 bits per heavy atom. The van der Waals surface area contributed by atoms with Crippen LogP contribution in [-0.2, 0) is 4.74 Å². The van der Waals surface area contributed by atoms with Gasteiger partial charge in [-0.3, -0.25) is 0 Å². The molecular formula is C14H24N2O2. The van der Waals surface area contributed by atoms with E-state index in [1.54, 1.807) is 0 Å². The standard InChI is InChI=1S/C14H24N2O2/c1-12(2)17-10-8-16(3)9-11-18-14-7-5-4-6-13(14)15/h4-7,12H,8-11,15H2,1-3H3. The van der Waals surface area contributed by atoms with Crippen molar-refractivity contribution in [3.8, 4) is 5.75 Å². The van der Waals surface area contributed by atoms with Gasteiger partial charge in [0.15, 0.2) is 0 Å². The fraction of sp³-hybridized carbons (Fsp3) is 0.571. The summed E-state index contributed by atoms with van der Waals surface area (Å²) in [4.78, 5) is 2.18. The van der Waals surface area contributed by atoms with Gasteiger partial charge >= 0.3 is 0 Å². The molecule has 0 fully saturated rings. The Kier molecular flexibility index (Phi) is 6.54. The van der Waals surface area contributed by atoms with Crippen LogP contribution in [0.4, 0.5) is 5.69 Å². The van der Waals surface area contributed by atoms with Crippen molar-refractivity contribution in [1.82, 2.24) is 4.90 Å². The molecule has 0 aromatic heterocycles. The molecular weight excluding hydrogens is 228 g/mol. The summed E-state index contributed by atoms with van der Waals surface area (Å²) in [5.41, 5.74) is 6.48. The summed E-state index contributed by atoms with van der Waals surface area (Å²) in [6.07, 6.45) is 0.291. The molecule has 0 amide bonds. The number of nitrogens with two attached hydrogens (primary N) is 1. The quantitative estimate of drug-likeness (QED) is 0.719. The number of ether oxygens (including phenoxy) is 2. The molecule has 4 heteroatoms. The minimum absolute atomic E-state index is 0.291. The summed E-state index contributed by atoms with van der Waals surface area (Å²) >= 11 is 0. The Morgan fingerprint density at radius 2 is 1.83 bits per heavy atom. The molecule has 0 spiro atoms. The summed E-state index contributed by atoms with van der Waals surface area (Å²) in [5.74, 6) is 0.754. The molecule has 102 valence electrons. The highest BCUT2D eigenvalue weighted by atomic mass is 16.5. The first-order valence-electron chi connectivity index (χ1n) is 6.37. The number of anilines is 1. The van der Waals surface area contributed by atoms with Gasteiger partial charge in [0, 0.05) is 13.1 Å². The fourth-order valence-corrected chi connectivity index (χ4v) is 1.48. The summed E-state index contributed by atoms with van der Waals surface area (Å²) in [6, 6.07) is 7.55. The van der Waals surface area contributed by atoms with Crippen LogP contribution in [0, 0.1) is 0 Å². The molecule has 1 rings (SSSR count). The zero-order chi connectivity index (χ0) is 13.4. The van der Waals surface area contributed by atoms with Crippen molar-refractivity contribution in [2.24, 2.45) is 0 Å². The van der Waals surface area contributed by atoms with Crippen LogP contribution in [0.5, 0.6) is 5.75 Å². The molecule has 1 aromatic carbocycles. The third-order valence-corrected chi connectivity index (χ3v) is 2.57. The van der Waals surface area contributed by atoms with E-state index in [2.05, 4.69) is 11.9 Å². The summed E-state index contributed by atoms with van der Waals surface area (Å²) in [7, 11) is 2.06. The molecule has 0 saturated carbocycles. The zero-order valence-corrected chi connectivity index (χ0v) is 11.6. The van der Waals surface area contributed by atoms with Crippen LogP contribution in [0.25, 0.3) is 0 Å². The van der Waals surface area contributed by atoms with E-state index in [1.165, 1.54) is 0 Å². The molecule has 0 saturated heterocycles. The maximum atomic E-state index is 5.79. The van der Waals surface area contributed by atoms with Crippen molar-refractivity contribution in [1.29, 1.82) is 0 Å². The maximum absolute atomic E-state index is 5.79. The number of para-hydroxylation sites is 2. The van der Waals surface area contributed by atoms with Crippen LogP contribution < -0.4 is 10.5 Å². The van der Waals surface area contributed by atoms with Crippen molar-refractivity contribution in [2.75, 3.05) is 39.1 Å². The van der Waals surface area contributed by atoms with E-state index in [1.807, 2.05) is 38.1 Å². The van der Waals surface area contributed by atoms with Gasteiger partial charge in [0.05, 0.1) is 18.4 Å². The number of likely N-dealkylation sites (N-methyl/N-ethyl adjacent to an activating group) is 1. The summed E-state index contributed by atoms with van der Waals surface area (Å²) < 4.78 is 11.1. The monoisotopic (exact) mass is 252 g/mol. The average molecular weight is 252 g/mol. The average Bonchev–Trinajstić information content (AvgIpc) is 2.31. The Balaban J connectivity index is 2.15. The predicted octanol–water partition coefficient (Wildman–Crippen LogP) is 2.00. The first kappa shape index (κ1) is 14.8. The lowest BCUT2D eigenvalue weighted by Crippen LogP contribution is -2.28. The van der Waals surface area contributed by atoms with Crippen LogP contribution in [0.3, 0.4) is 0 Å². The molecule has 0 heterocycles. The van der Waals surface area contributed by atoms with Crippen molar-refractivity contribution >= 4 is 5.69 Å². The molecule has 0 aliphatic rings. The van der Waals surface area contributed by atoms with E-state index in [0.29, 0.717) is 18.4 Å². The van der Waals surface area contributed by atoms with Crippen molar-refractivity contribution in [3.63, 3.8) is 0 Å². The maximum Gasteiger partial charge on any atom is 0.142 e. The van der Waals surface area contributed by atoms with Gasteiger partial charge in [-0.1, -0.05) is 12.1 Å². The Hall–Kier alpha value is -1.26. The van der Waals surface area contributed by atoms with E-state index >= 15 is 0 Å². The second kappa shape index (κ2) is 7.95. The van der Waals surface area contributed by atoms with Crippen molar-refractivity contribution in [3.05, 3.63) is 24.3 Å². The van der Waals surface area contributed by atoms with Crippen molar-refractivity contribution in [2.45, 2.75) is 20.0 Å². The predicted molar refractivity (Wildman–Crippen MR) is 74.9 cm³/mol. The van der Waals surface area contributed by atoms with Gasteiger partial charge in [0.2, 0.25) is 0 Å². The van der Waals surface area contributed by atoms with Crippen LogP contribution in [0.1, 0.15) is 13.8 Å². The zero-order valence-electron chi connectivity index (χ0n) is 11.6. The topological polar surface area (TPSA) is 47.7 Å².